The summed E-state index contributed by atoms with van der Waals surface area (Å²) in [4.78, 5) is 13.3. The molecule has 1 aliphatic heterocycles. The topological polar surface area (TPSA) is 52.6 Å². The molecule has 1 aliphatic carbocycles. The van der Waals surface area contributed by atoms with Gasteiger partial charge in [-0.05, 0) is 19.8 Å². The zero-order valence-electron chi connectivity index (χ0n) is 8.57. The van der Waals surface area contributed by atoms with E-state index in [1.54, 1.807) is 0 Å². The van der Waals surface area contributed by atoms with Gasteiger partial charge in [0.1, 0.15) is 0 Å². The van der Waals surface area contributed by atoms with Crippen LogP contribution in [0.3, 0.4) is 0 Å². The second-order valence-corrected chi connectivity index (χ2v) is 4.53. The Morgan fingerprint density at radius 3 is 2.71 bits per heavy atom. The van der Waals surface area contributed by atoms with E-state index in [0.717, 1.165) is 13.1 Å². The third-order valence-electron chi connectivity index (χ3n) is 3.09. The van der Waals surface area contributed by atoms with Gasteiger partial charge in [-0.2, -0.15) is 0 Å². The molecule has 0 spiro atoms. The van der Waals surface area contributed by atoms with Gasteiger partial charge in [-0.1, -0.05) is 0 Å². The summed E-state index contributed by atoms with van der Waals surface area (Å²) in [6, 6.07) is 1.08. The van der Waals surface area contributed by atoms with Gasteiger partial charge in [-0.25, -0.2) is 0 Å². The minimum Gasteiger partial charge on any atom is -0.481 e. The largest absolute Gasteiger partial charge is 0.481 e. The lowest BCUT2D eigenvalue weighted by Crippen LogP contribution is -2.36. The average Bonchev–Trinajstić information content (AvgIpc) is 2.88. The van der Waals surface area contributed by atoms with E-state index in [2.05, 4.69) is 17.1 Å². The van der Waals surface area contributed by atoms with Crippen LogP contribution in [0.1, 0.15) is 19.8 Å². The Kier molecular flexibility index (Phi) is 2.74. The van der Waals surface area contributed by atoms with Crippen molar-refractivity contribution in [2.45, 2.75) is 31.8 Å². The minimum atomic E-state index is -0.669. The number of carbonyl (C=O) groups is 1. The molecule has 4 nitrogen and oxygen atoms in total. The fraction of sp³-hybridized carbons (Fsp3) is 0.900. The number of nitrogens with one attached hydrogen (secondary N) is 1. The normalized spacial score (nSPS) is 35.2. The Hall–Kier alpha value is -0.610. The lowest BCUT2D eigenvalue weighted by atomic mass is 10.1. The van der Waals surface area contributed by atoms with Gasteiger partial charge in [0.25, 0.3) is 0 Å². The molecular weight excluding hydrogens is 180 g/mol. The van der Waals surface area contributed by atoms with Gasteiger partial charge in [-0.3, -0.25) is 9.69 Å². The molecule has 1 saturated heterocycles. The maximum atomic E-state index is 10.9. The highest BCUT2D eigenvalue weighted by atomic mass is 16.4. The van der Waals surface area contributed by atoms with Gasteiger partial charge in [0.15, 0.2) is 0 Å². The second kappa shape index (κ2) is 3.87. The maximum absolute atomic E-state index is 10.9. The van der Waals surface area contributed by atoms with Crippen LogP contribution in [-0.4, -0.2) is 47.7 Å². The van der Waals surface area contributed by atoms with Gasteiger partial charge < -0.3 is 10.4 Å². The Bertz CT molecular complexity index is 228. The van der Waals surface area contributed by atoms with Crippen molar-refractivity contribution in [3.63, 3.8) is 0 Å². The van der Waals surface area contributed by atoms with Crippen LogP contribution in [-0.2, 0) is 4.79 Å². The van der Waals surface area contributed by atoms with Crippen molar-refractivity contribution in [2.24, 2.45) is 5.92 Å². The molecule has 4 heteroatoms. The first-order chi connectivity index (χ1) is 6.66. The quantitative estimate of drug-likeness (QED) is 0.663. The maximum Gasteiger partial charge on any atom is 0.309 e. The summed E-state index contributed by atoms with van der Waals surface area (Å²) >= 11 is 0. The highest BCUT2D eigenvalue weighted by Crippen LogP contribution is 2.28. The van der Waals surface area contributed by atoms with Crippen molar-refractivity contribution in [1.29, 1.82) is 0 Å². The first-order valence-corrected chi connectivity index (χ1v) is 5.37. The molecule has 0 aromatic rings. The lowest BCUT2D eigenvalue weighted by Gasteiger charge is -2.22. The van der Waals surface area contributed by atoms with Crippen LogP contribution >= 0.6 is 0 Å². The summed E-state index contributed by atoms with van der Waals surface area (Å²) in [6.45, 7) is 4.45. The van der Waals surface area contributed by atoms with Crippen LogP contribution < -0.4 is 5.32 Å². The highest BCUT2D eigenvalue weighted by Gasteiger charge is 2.34. The first kappa shape index (κ1) is 9.93. The SMILES string of the molecule is CC1CN(C2CC2)CC(C(=O)O)CN1. The molecule has 0 amide bonds. The summed E-state index contributed by atoms with van der Waals surface area (Å²) in [6.07, 6.45) is 2.50. The van der Waals surface area contributed by atoms with Crippen molar-refractivity contribution in [3.05, 3.63) is 0 Å². The molecular formula is C10H18N2O2. The van der Waals surface area contributed by atoms with Crippen molar-refractivity contribution in [2.75, 3.05) is 19.6 Å². The number of rotatable bonds is 2. The number of hydrogen-bond acceptors (Lipinski definition) is 3. The van der Waals surface area contributed by atoms with Gasteiger partial charge in [0.05, 0.1) is 5.92 Å². The second-order valence-electron chi connectivity index (χ2n) is 4.53. The summed E-state index contributed by atoms with van der Waals surface area (Å²) in [5.41, 5.74) is 0. The number of carboxylic acid groups (broad SMARTS) is 1. The molecule has 2 rings (SSSR count). The first-order valence-electron chi connectivity index (χ1n) is 5.37. The number of hydrogen-bond donors (Lipinski definition) is 2. The van der Waals surface area contributed by atoms with E-state index in [1.807, 2.05) is 0 Å². The van der Waals surface area contributed by atoms with Crippen molar-refractivity contribution in [3.8, 4) is 0 Å². The fourth-order valence-electron chi connectivity index (χ4n) is 2.09. The van der Waals surface area contributed by atoms with Crippen LogP contribution in [0.25, 0.3) is 0 Å². The Labute approximate surface area is 84.3 Å². The summed E-state index contributed by atoms with van der Waals surface area (Å²) in [5.74, 6) is -0.905. The van der Waals surface area contributed by atoms with Crippen LogP contribution in [0.4, 0.5) is 0 Å². The number of nitrogens with zero attached hydrogens (tertiary/aromatic N) is 1. The van der Waals surface area contributed by atoms with Gasteiger partial charge in [-0.15, -0.1) is 0 Å². The molecule has 1 heterocycles. The predicted molar refractivity (Wildman–Crippen MR) is 53.2 cm³/mol. The molecule has 0 radical (unpaired) electrons. The predicted octanol–water partition coefficient (Wildman–Crippen LogP) is 0.143. The van der Waals surface area contributed by atoms with Gasteiger partial charge in [0.2, 0.25) is 0 Å². The molecule has 80 valence electrons. The van der Waals surface area contributed by atoms with E-state index in [0.29, 0.717) is 18.6 Å². The third kappa shape index (κ3) is 2.25. The smallest absolute Gasteiger partial charge is 0.309 e. The monoisotopic (exact) mass is 198 g/mol. The van der Waals surface area contributed by atoms with Crippen molar-refractivity contribution in [1.82, 2.24) is 10.2 Å². The minimum absolute atomic E-state index is 0.236. The summed E-state index contributed by atoms with van der Waals surface area (Å²) in [7, 11) is 0. The van der Waals surface area contributed by atoms with Crippen LogP contribution in [0.5, 0.6) is 0 Å². The van der Waals surface area contributed by atoms with Crippen molar-refractivity contribution < 1.29 is 9.90 Å². The molecule has 2 aliphatic rings. The fourth-order valence-corrected chi connectivity index (χ4v) is 2.09. The molecule has 0 aromatic heterocycles. The Morgan fingerprint density at radius 1 is 1.43 bits per heavy atom. The molecule has 2 atom stereocenters. The van der Waals surface area contributed by atoms with Crippen LogP contribution in [0.2, 0.25) is 0 Å². The molecule has 1 saturated carbocycles. The molecule has 2 fully saturated rings. The van der Waals surface area contributed by atoms with Crippen LogP contribution in [0.15, 0.2) is 0 Å². The van der Waals surface area contributed by atoms with Gasteiger partial charge >= 0.3 is 5.97 Å². The number of carboxylic acids is 1. The van der Waals surface area contributed by atoms with E-state index in [9.17, 15) is 4.79 Å². The van der Waals surface area contributed by atoms with E-state index in [-0.39, 0.29) is 5.92 Å². The summed E-state index contributed by atoms with van der Waals surface area (Å²) < 4.78 is 0. The Morgan fingerprint density at radius 2 is 2.14 bits per heavy atom. The zero-order chi connectivity index (χ0) is 10.1. The van der Waals surface area contributed by atoms with E-state index < -0.39 is 5.97 Å². The van der Waals surface area contributed by atoms with Crippen molar-refractivity contribution >= 4 is 5.97 Å². The third-order valence-corrected chi connectivity index (χ3v) is 3.09. The molecule has 14 heavy (non-hydrogen) atoms. The average molecular weight is 198 g/mol. The summed E-state index contributed by atoms with van der Waals surface area (Å²) in [5, 5.41) is 12.3. The van der Waals surface area contributed by atoms with E-state index >= 15 is 0 Å². The van der Waals surface area contributed by atoms with E-state index in [1.165, 1.54) is 12.8 Å². The molecule has 0 bridgehead atoms. The zero-order valence-corrected chi connectivity index (χ0v) is 8.57. The standard InChI is InChI=1S/C10H18N2O2/c1-7-5-12(9-2-3-9)6-8(4-11-7)10(13)14/h7-9,11H,2-6H2,1H3,(H,13,14). The lowest BCUT2D eigenvalue weighted by molar-refractivity contribution is -0.142. The molecule has 0 aromatic carbocycles. The van der Waals surface area contributed by atoms with E-state index in [4.69, 9.17) is 5.11 Å². The number of aliphatic carboxylic acids is 1. The Balaban J connectivity index is 1.98. The van der Waals surface area contributed by atoms with Gasteiger partial charge in [0, 0.05) is 31.7 Å². The highest BCUT2D eigenvalue weighted by molar-refractivity contribution is 5.70. The molecule has 2 N–H and O–H groups in total. The van der Waals surface area contributed by atoms with Crippen LogP contribution in [0, 0.1) is 5.92 Å². The molecule has 2 unspecified atom stereocenters.